The van der Waals surface area contributed by atoms with Crippen LogP contribution >= 0.6 is 0 Å². The Morgan fingerprint density at radius 1 is 1.35 bits per heavy atom. The van der Waals surface area contributed by atoms with E-state index in [1.807, 2.05) is 0 Å². The number of nitrogens with zero attached hydrogens (tertiary/aromatic N) is 2. The highest BCUT2D eigenvalue weighted by Crippen LogP contribution is 2.12. The van der Waals surface area contributed by atoms with Crippen LogP contribution < -0.4 is 15.4 Å². The van der Waals surface area contributed by atoms with E-state index in [1.165, 1.54) is 12.8 Å². The maximum absolute atomic E-state index is 5.16. The zero-order valence-electron chi connectivity index (χ0n) is 10.3. The summed E-state index contributed by atoms with van der Waals surface area (Å²) in [5.41, 5.74) is 0.879. The molecule has 0 aromatic carbocycles. The Hall–Kier alpha value is -1.20. The molecule has 1 aromatic heterocycles. The van der Waals surface area contributed by atoms with Crippen LogP contribution in [0.5, 0.6) is 5.88 Å². The average molecular weight is 236 g/mol. The maximum Gasteiger partial charge on any atom is 0.236 e. The Morgan fingerprint density at radius 2 is 2.12 bits per heavy atom. The van der Waals surface area contributed by atoms with Gasteiger partial charge in [-0.3, -0.25) is 4.98 Å². The number of rotatable bonds is 5. The molecule has 1 aromatic rings. The first-order valence-corrected chi connectivity index (χ1v) is 6.15. The summed E-state index contributed by atoms with van der Waals surface area (Å²) in [7, 11) is 1.63. The summed E-state index contributed by atoms with van der Waals surface area (Å²) in [5, 5.41) is 6.81. The fourth-order valence-electron chi connectivity index (χ4n) is 2.13. The van der Waals surface area contributed by atoms with Crippen molar-refractivity contribution in [3.05, 3.63) is 18.1 Å². The van der Waals surface area contributed by atoms with Crippen molar-refractivity contribution >= 4 is 0 Å². The van der Waals surface area contributed by atoms with Crippen LogP contribution in [0, 0.1) is 5.92 Å². The molecular formula is C12H20N4O. The molecule has 0 saturated carbocycles. The molecule has 17 heavy (non-hydrogen) atoms. The zero-order valence-corrected chi connectivity index (χ0v) is 10.3. The molecule has 1 aliphatic rings. The number of piperidine rings is 1. The molecule has 1 aliphatic heterocycles. The zero-order chi connectivity index (χ0) is 11.9. The summed E-state index contributed by atoms with van der Waals surface area (Å²) < 4.78 is 5.16. The third kappa shape index (κ3) is 3.64. The van der Waals surface area contributed by atoms with Gasteiger partial charge in [-0.2, -0.15) is 0 Å². The van der Waals surface area contributed by atoms with E-state index in [4.69, 9.17) is 4.74 Å². The number of methoxy groups -OCH3 is 1. The van der Waals surface area contributed by atoms with Crippen molar-refractivity contribution in [2.24, 2.45) is 5.92 Å². The lowest BCUT2D eigenvalue weighted by Gasteiger charge is -2.22. The lowest BCUT2D eigenvalue weighted by Crippen LogP contribution is -2.33. The van der Waals surface area contributed by atoms with Crippen molar-refractivity contribution in [2.45, 2.75) is 19.4 Å². The number of ether oxygens (including phenoxy) is 1. The molecule has 2 rings (SSSR count). The van der Waals surface area contributed by atoms with Gasteiger partial charge in [-0.15, -0.1) is 0 Å². The van der Waals surface area contributed by atoms with Crippen LogP contribution in [0.15, 0.2) is 12.4 Å². The van der Waals surface area contributed by atoms with Gasteiger partial charge in [-0.1, -0.05) is 0 Å². The molecule has 0 amide bonds. The summed E-state index contributed by atoms with van der Waals surface area (Å²) >= 11 is 0. The van der Waals surface area contributed by atoms with E-state index >= 15 is 0 Å². The first kappa shape index (κ1) is 12.3. The molecule has 94 valence electrons. The standard InChI is InChI=1S/C12H20N4O/c1-17-12-11(15-6-7-16-12)9-14-8-10-2-4-13-5-3-10/h6-7,10,13-14H,2-5,8-9H2,1H3. The van der Waals surface area contributed by atoms with Gasteiger partial charge in [-0.05, 0) is 38.4 Å². The number of aromatic nitrogens is 2. The van der Waals surface area contributed by atoms with Gasteiger partial charge in [0.15, 0.2) is 0 Å². The van der Waals surface area contributed by atoms with Crippen LogP contribution in [0.2, 0.25) is 0 Å². The van der Waals surface area contributed by atoms with E-state index in [-0.39, 0.29) is 0 Å². The normalized spacial score (nSPS) is 17.0. The first-order chi connectivity index (χ1) is 8.40. The molecule has 0 bridgehead atoms. The minimum Gasteiger partial charge on any atom is -0.480 e. The Balaban J connectivity index is 1.77. The molecule has 2 N–H and O–H groups in total. The van der Waals surface area contributed by atoms with E-state index in [9.17, 15) is 0 Å². The monoisotopic (exact) mass is 236 g/mol. The minimum absolute atomic E-state index is 0.616. The second-order valence-electron chi connectivity index (χ2n) is 4.34. The van der Waals surface area contributed by atoms with Crippen LogP contribution in [0.3, 0.4) is 0 Å². The summed E-state index contributed by atoms with van der Waals surface area (Å²) in [4.78, 5) is 8.40. The van der Waals surface area contributed by atoms with Crippen molar-refractivity contribution in [1.82, 2.24) is 20.6 Å². The Morgan fingerprint density at radius 3 is 2.88 bits per heavy atom. The van der Waals surface area contributed by atoms with Crippen molar-refractivity contribution < 1.29 is 4.74 Å². The van der Waals surface area contributed by atoms with E-state index in [0.717, 1.165) is 37.8 Å². The summed E-state index contributed by atoms with van der Waals surface area (Å²) in [6, 6.07) is 0. The molecule has 5 nitrogen and oxygen atoms in total. The highest BCUT2D eigenvalue weighted by molar-refractivity contribution is 5.16. The Bertz CT molecular complexity index is 339. The maximum atomic E-state index is 5.16. The molecule has 1 saturated heterocycles. The minimum atomic E-state index is 0.616. The van der Waals surface area contributed by atoms with Crippen molar-refractivity contribution in [1.29, 1.82) is 0 Å². The molecule has 0 atom stereocenters. The highest BCUT2D eigenvalue weighted by atomic mass is 16.5. The van der Waals surface area contributed by atoms with E-state index in [2.05, 4.69) is 20.6 Å². The molecule has 5 heteroatoms. The third-order valence-corrected chi connectivity index (χ3v) is 3.11. The molecule has 2 heterocycles. The molecule has 0 unspecified atom stereocenters. The largest absolute Gasteiger partial charge is 0.480 e. The van der Waals surface area contributed by atoms with Crippen molar-refractivity contribution in [3.63, 3.8) is 0 Å². The summed E-state index contributed by atoms with van der Waals surface area (Å²) in [6.45, 7) is 4.05. The van der Waals surface area contributed by atoms with E-state index in [1.54, 1.807) is 19.5 Å². The molecular weight excluding hydrogens is 216 g/mol. The van der Waals surface area contributed by atoms with Gasteiger partial charge < -0.3 is 15.4 Å². The second kappa shape index (κ2) is 6.51. The van der Waals surface area contributed by atoms with Crippen LogP contribution in [-0.4, -0.2) is 36.7 Å². The lowest BCUT2D eigenvalue weighted by atomic mass is 9.98. The summed E-state index contributed by atoms with van der Waals surface area (Å²) in [5.74, 6) is 1.39. The quantitative estimate of drug-likeness (QED) is 0.783. The van der Waals surface area contributed by atoms with Crippen LogP contribution in [-0.2, 0) is 6.54 Å². The van der Waals surface area contributed by atoms with Crippen LogP contribution in [0.4, 0.5) is 0 Å². The number of hydrogen-bond acceptors (Lipinski definition) is 5. The fourth-order valence-corrected chi connectivity index (χ4v) is 2.13. The molecule has 1 fully saturated rings. The number of hydrogen-bond donors (Lipinski definition) is 2. The van der Waals surface area contributed by atoms with Gasteiger partial charge in [0.1, 0.15) is 5.69 Å². The van der Waals surface area contributed by atoms with Crippen molar-refractivity contribution in [3.8, 4) is 5.88 Å². The van der Waals surface area contributed by atoms with Crippen LogP contribution in [0.25, 0.3) is 0 Å². The van der Waals surface area contributed by atoms with E-state index in [0.29, 0.717) is 5.88 Å². The highest BCUT2D eigenvalue weighted by Gasteiger charge is 2.12. The Labute approximate surface area is 102 Å². The first-order valence-electron chi connectivity index (χ1n) is 6.15. The van der Waals surface area contributed by atoms with Gasteiger partial charge >= 0.3 is 0 Å². The number of nitrogens with one attached hydrogen (secondary N) is 2. The predicted molar refractivity (Wildman–Crippen MR) is 65.9 cm³/mol. The SMILES string of the molecule is COc1nccnc1CNCC1CCNCC1. The summed E-state index contributed by atoms with van der Waals surface area (Å²) in [6.07, 6.45) is 5.86. The average Bonchev–Trinajstić information content (AvgIpc) is 2.40. The van der Waals surface area contributed by atoms with Gasteiger partial charge in [0.2, 0.25) is 5.88 Å². The fraction of sp³-hybridized carbons (Fsp3) is 0.667. The smallest absolute Gasteiger partial charge is 0.236 e. The predicted octanol–water partition coefficient (Wildman–Crippen LogP) is 0.574. The topological polar surface area (TPSA) is 59.1 Å². The van der Waals surface area contributed by atoms with Gasteiger partial charge in [-0.25, -0.2) is 4.98 Å². The van der Waals surface area contributed by atoms with E-state index < -0.39 is 0 Å². The third-order valence-electron chi connectivity index (χ3n) is 3.11. The van der Waals surface area contributed by atoms with Gasteiger partial charge in [0, 0.05) is 18.9 Å². The molecule has 0 aliphatic carbocycles. The van der Waals surface area contributed by atoms with Gasteiger partial charge in [0.05, 0.1) is 7.11 Å². The molecule has 0 spiro atoms. The van der Waals surface area contributed by atoms with Crippen LogP contribution in [0.1, 0.15) is 18.5 Å². The van der Waals surface area contributed by atoms with Gasteiger partial charge in [0.25, 0.3) is 0 Å². The second-order valence-corrected chi connectivity index (χ2v) is 4.34. The lowest BCUT2D eigenvalue weighted by molar-refractivity contribution is 0.351. The Kier molecular flexibility index (Phi) is 4.70. The molecule has 0 radical (unpaired) electrons. The van der Waals surface area contributed by atoms with Crippen molar-refractivity contribution in [2.75, 3.05) is 26.7 Å².